The number of amides is 1. The van der Waals surface area contributed by atoms with Gasteiger partial charge < -0.3 is 5.73 Å². The minimum absolute atomic E-state index is 0.351. The summed E-state index contributed by atoms with van der Waals surface area (Å²) < 4.78 is 35.8. The van der Waals surface area contributed by atoms with E-state index in [1.54, 1.807) is 5.10 Å². The standard InChI is InChI=1S/C5H6F3N5O/c6-5(7,8)3-11-4(13-12-3)10-2(14)1-9/h1,9H2,(H2,10,11,12,13,14). The van der Waals surface area contributed by atoms with Crippen LogP contribution in [0.5, 0.6) is 0 Å². The van der Waals surface area contributed by atoms with E-state index in [9.17, 15) is 18.0 Å². The van der Waals surface area contributed by atoms with E-state index in [-0.39, 0.29) is 6.54 Å². The Bertz CT molecular complexity index is 332. The van der Waals surface area contributed by atoms with Crippen molar-refractivity contribution in [1.82, 2.24) is 15.2 Å². The molecule has 6 nitrogen and oxygen atoms in total. The Balaban J connectivity index is 2.74. The Labute approximate surface area is 75.7 Å². The van der Waals surface area contributed by atoms with Crippen LogP contribution in [0.1, 0.15) is 5.82 Å². The van der Waals surface area contributed by atoms with E-state index < -0.39 is 23.9 Å². The second-order valence-electron chi connectivity index (χ2n) is 2.26. The average molecular weight is 209 g/mol. The first-order valence-electron chi connectivity index (χ1n) is 3.43. The van der Waals surface area contributed by atoms with Gasteiger partial charge in [-0.3, -0.25) is 15.2 Å². The van der Waals surface area contributed by atoms with Crippen molar-refractivity contribution in [1.29, 1.82) is 0 Å². The van der Waals surface area contributed by atoms with Crippen LogP contribution in [0, 0.1) is 0 Å². The summed E-state index contributed by atoms with van der Waals surface area (Å²) in [6.45, 7) is -0.351. The number of halogens is 3. The molecule has 0 aliphatic carbocycles. The third-order valence-corrected chi connectivity index (χ3v) is 1.19. The molecule has 0 fully saturated rings. The monoisotopic (exact) mass is 209 g/mol. The van der Waals surface area contributed by atoms with Gasteiger partial charge in [0.15, 0.2) is 0 Å². The van der Waals surface area contributed by atoms with Crippen LogP contribution in [0.25, 0.3) is 0 Å². The molecular weight excluding hydrogens is 203 g/mol. The number of aromatic nitrogens is 3. The molecule has 78 valence electrons. The summed E-state index contributed by atoms with van der Waals surface area (Å²) in [5, 5.41) is 6.73. The second kappa shape index (κ2) is 3.62. The Morgan fingerprint density at radius 2 is 2.21 bits per heavy atom. The summed E-state index contributed by atoms with van der Waals surface area (Å²) >= 11 is 0. The van der Waals surface area contributed by atoms with E-state index in [0.29, 0.717) is 0 Å². The number of rotatable bonds is 2. The minimum Gasteiger partial charge on any atom is -0.322 e. The van der Waals surface area contributed by atoms with Gasteiger partial charge in [0.25, 0.3) is 0 Å². The molecule has 0 radical (unpaired) electrons. The molecule has 0 spiro atoms. The largest absolute Gasteiger partial charge is 0.451 e. The van der Waals surface area contributed by atoms with Crippen LogP contribution in [0.15, 0.2) is 0 Å². The van der Waals surface area contributed by atoms with Crippen molar-refractivity contribution in [2.45, 2.75) is 6.18 Å². The molecule has 4 N–H and O–H groups in total. The fourth-order valence-corrected chi connectivity index (χ4v) is 0.620. The molecule has 0 atom stereocenters. The molecule has 1 amide bonds. The van der Waals surface area contributed by atoms with E-state index in [2.05, 4.69) is 10.1 Å². The number of nitrogens with two attached hydrogens (primary N) is 1. The first-order chi connectivity index (χ1) is 6.43. The lowest BCUT2D eigenvalue weighted by Gasteiger charge is -1.98. The Morgan fingerprint density at radius 1 is 1.57 bits per heavy atom. The number of hydrogen-bond donors (Lipinski definition) is 3. The van der Waals surface area contributed by atoms with E-state index in [1.165, 1.54) is 0 Å². The summed E-state index contributed by atoms with van der Waals surface area (Å²) in [6.07, 6.45) is -4.61. The first-order valence-corrected chi connectivity index (χ1v) is 3.43. The number of nitrogens with zero attached hydrogens (tertiary/aromatic N) is 2. The quantitative estimate of drug-likeness (QED) is 0.624. The maximum Gasteiger partial charge on any atom is 0.451 e. The van der Waals surface area contributed by atoms with Gasteiger partial charge >= 0.3 is 6.18 Å². The predicted octanol–water partition coefficient (Wildman–Crippen LogP) is -0.279. The fraction of sp³-hybridized carbons (Fsp3) is 0.400. The number of H-pyrrole nitrogens is 1. The topological polar surface area (TPSA) is 96.7 Å². The summed E-state index contributed by atoms with van der Waals surface area (Å²) in [6, 6.07) is 0. The summed E-state index contributed by atoms with van der Waals surface area (Å²) in [5.74, 6) is -2.39. The average Bonchev–Trinajstić information content (AvgIpc) is 2.51. The Kier molecular flexibility index (Phi) is 2.70. The minimum atomic E-state index is -4.61. The number of anilines is 1. The smallest absolute Gasteiger partial charge is 0.322 e. The maximum absolute atomic E-state index is 11.9. The highest BCUT2D eigenvalue weighted by atomic mass is 19.4. The van der Waals surface area contributed by atoms with Gasteiger partial charge in [-0.15, -0.1) is 5.10 Å². The number of nitrogens with one attached hydrogen (secondary N) is 2. The molecule has 0 unspecified atom stereocenters. The SMILES string of the molecule is NCC(=O)Nc1n[nH]c(C(F)(F)F)n1. The molecule has 0 saturated heterocycles. The van der Waals surface area contributed by atoms with Crippen molar-refractivity contribution in [2.24, 2.45) is 5.73 Å². The zero-order chi connectivity index (χ0) is 10.8. The number of carbonyl (C=O) groups excluding carboxylic acids is 1. The molecule has 9 heteroatoms. The first kappa shape index (κ1) is 10.4. The lowest BCUT2D eigenvalue weighted by atomic mass is 10.6. The number of hydrogen-bond acceptors (Lipinski definition) is 4. The molecule has 1 aromatic heterocycles. The van der Waals surface area contributed by atoms with Crippen molar-refractivity contribution in [3.05, 3.63) is 5.82 Å². The van der Waals surface area contributed by atoms with Crippen molar-refractivity contribution >= 4 is 11.9 Å². The van der Waals surface area contributed by atoms with Gasteiger partial charge in [0.05, 0.1) is 6.54 Å². The van der Waals surface area contributed by atoms with E-state index in [1.807, 2.05) is 5.32 Å². The Morgan fingerprint density at radius 3 is 2.64 bits per heavy atom. The van der Waals surface area contributed by atoms with Gasteiger partial charge in [0.1, 0.15) is 0 Å². The summed E-state index contributed by atoms with van der Waals surface area (Å²) in [5.41, 5.74) is 4.91. The second-order valence-corrected chi connectivity index (χ2v) is 2.26. The third-order valence-electron chi connectivity index (χ3n) is 1.19. The van der Waals surface area contributed by atoms with Crippen LogP contribution in [0.4, 0.5) is 19.1 Å². The molecule has 0 aromatic carbocycles. The van der Waals surface area contributed by atoms with Crippen LogP contribution in [0.2, 0.25) is 0 Å². The summed E-state index contributed by atoms with van der Waals surface area (Å²) in [7, 11) is 0. The molecule has 14 heavy (non-hydrogen) atoms. The highest BCUT2D eigenvalue weighted by Gasteiger charge is 2.35. The van der Waals surface area contributed by atoms with Crippen LogP contribution in [0.3, 0.4) is 0 Å². The molecule has 0 aliphatic heterocycles. The summed E-state index contributed by atoms with van der Waals surface area (Å²) in [4.78, 5) is 13.6. The fourth-order valence-electron chi connectivity index (χ4n) is 0.620. The van der Waals surface area contributed by atoms with Gasteiger partial charge in [-0.05, 0) is 0 Å². The third kappa shape index (κ3) is 2.42. The Hall–Kier alpha value is -1.64. The number of alkyl halides is 3. The van der Waals surface area contributed by atoms with Gasteiger partial charge in [-0.2, -0.15) is 18.2 Å². The van der Waals surface area contributed by atoms with Crippen LogP contribution in [-0.4, -0.2) is 27.6 Å². The molecule has 0 aliphatic rings. The van der Waals surface area contributed by atoms with Crippen molar-refractivity contribution < 1.29 is 18.0 Å². The molecule has 1 rings (SSSR count). The van der Waals surface area contributed by atoms with Crippen LogP contribution >= 0.6 is 0 Å². The van der Waals surface area contributed by atoms with Crippen LogP contribution < -0.4 is 11.1 Å². The van der Waals surface area contributed by atoms with E-state index >= 15 is 0 Å². The van der Waals surface area contributed by atoms with Gasteiger partial charge in [0, 0.05) is 0 Å². The normalized spacial score (nSPS) is 11.4. The zero-order valence-corrected chi connectivity index (χ0v) is 6.72. The van der Waals surface area contributed by atoms with Gasteiger partial charge in [-0.1, -0.05) is 0 Å². The molecule has 1 aromatic rings. The molecule has 1 heterocycles. The van der Waals surface area contributed by atoms with Gasteiger partial charge in [-0.25, -0.2) is 0 Å². The predicted molar refractivity (Wildman–Crippen MR) is 39.1 cm³/mol. The molecule has 0 saturated carbocycles. The van der Waals surface area contributed by atoms with E-state index in [4.69, 9.17) is 5.73 Å². The lowest BCUT2D eigenvalue weighted by Crippen LogP contribution is -2.22. The lowest BCUT2D eigenvalue weighted by molar-refractivity contribution is -0.144. The van der Waals surface area contributed by atoms with Crippen molar-refractivity contribution in [3.8, 4) is 0 Å². The number of aromatic amines is 1. The molecule has 0 bridgehead atoms. The number of carbonyl (C=O) groups is 1. The van der Waals surface area contributed by atoms with Gasteiger partial charge in [0.2, 0.25) is 17.7 Å². The molecular formula is C5H6F3N5O. The highest BCUT2D eigenvalue weighted by molar-refractivity contribution is 5.90. The van der Waals surface area contributed by atoms with E-state index in [0.717, 1.165) is 0 Å². The van der Waals surface area contributed by atoms with Crippen LogP contribution in [-0.2, 0) is 11.0 Å². The van der Waals surface area contributed by atoms with Crippen molar-refractivity contribution in [3.63, 3.8) is 0 Å². The zero-order valence-electron chi connectivity index (χ0n) is 6.72. The highest BCUT2D eigenvalue weighted by Crippen LogP contribution is 2.26. The maximum atomic E-state index is 11.9. The van der Waals surface area contributed by atoms with Crippen molar-refractivity contribution in [2.75, 3.05) is 11.9 Å².